The van der Waals surface area contributed by atoms with Crippen LogP contribution < -0.4 is 4.90 Å². The van der Waals surface area contributed by atoms with Crippen molar-refractivity contribution in [2.75, 3.05) is 24.8 Å². The first-order valence-electron chi connectivity index (χ1n) is 3.84. The van der Waals surface area contributed by atoms with E-state index in [-0.39, 0.29) is 0 Å². The van der Waals surface area contributed by atoms with Crippen molar-refractivity contribution in [1.82, 2.24) is 0 Å². The van der Waals surface area contributed by atoms with Crippen LogP contribution in [0.2, 0.25) is 0 Å². The minimum atomic E-state index is 0.740. The lowest BCUT2D eigenvalue weighted by Crippen LogP contribution is -2.17. The molecular formula is C9H11NO. The van der Waals surface area contributed by atoms with Gasteiger partial charge in [-0.05, 0) is 12.1 Å². The third-order valence-corrected chi connectivity index (χ3v) is 1.87. The van der Waals surface area contributed by atoms with E-state index >= 15 is 0 Å². The fourth-order valence-corrected chi connectivity index (χ4v) is 1.26. The molecule has 11 heavy (non-hydrogen) atoms. The van der Waals surface area contributed by atoms with Crippen molar-refractivity contribution >= 4 is 5.69 Å². The summed E-state index contributed by atoms with van der Waals surface area (Å²) in [6.07, 6.45) is 0. The van der Waals surface area contributed by atoms with E-state index in [0.717, 1.165) is 19.9 Å². The number of benzene rings is 1. The predicted octanol–water partition coefficient (Wildman–Crippen LogP) is 1.48. The number of rotatable bonds is 1. The second-order valence-electron chi connectivity index (χ2n) is 2.64. The smallest absolute Gasteiger partial charge is 0.119 e. The standard InChI is InChI=1S/C9H11NO/c1-2-4-9(5-3-1)10-6-7-11-8-10/h1-5H,6-8H2. The van der Waals surface area contributed by atoms with Gasteiger partial charge < -0.3 is 9.64 Å². The molecule has 1 fully saturated rings. The van der Waals surface area contributed by atoms with E-state index < -0.39 is 0 Å². The zero-order chi connectivity index (χ0) is 7.52. The summed E-state index contributed by atoms with van der Waals surface area (Å²) in [7, 11) is 0. The third-order valence-electron chi connectivity index (χ3n) is 1.87. The summed E-state index contributed by atoms with van der Waals surface area (Å²) in [6, 6.07) is 10.3. The van der Waals surface area contributed by atoms with Gasteiger partial charge in [-0.1, -0.05) is 18.2 Å². The lowest BCUT2D eigenvalue weighted by Gasteiger charge is -2.14. The molecule has 1 aliphatic rings. The Labute approximate surface area is 66.4 Å². The quantitative estimate of drug-likeness (QED) is 0.599. The summed E-state index contributed by atoms with van der Waals surface area (Å²) < 4.78 is 5.24. The molecule has 0 bridgehead atoms. The van der Waals surface area contributed by atoms with Gasteiger partial charge in [0, 0.05) is 12.2 Å². The largest absolute Gasteiger partial charge is 0.359 e. The van der Waals surface area contributed by atoms with Crippen molar-refractivity contribution in [2.24, 2.45) is 0 Å². The molecule has 0 spiro atoms. The Morgan fingerprint density at radius 3 is 2.64 bits per heavy atom. The van der Waals surface area contributed by atoms with Gasteiger partial charge in [0.1, 0.15) is 6.73 Å². The highest BCUT2D eigenvalue weighted by Crippen LogP contribution is 2.14. The molecule has 1 aromatic carbocycles. The minimum absolute atomic E-state index is 0.740. The van der Waals surface area contributed by atoms with Crippen molar-refractivity contribution in [1.29, 1.82) is 0 Å². The van der Waals surface area contributed by atoms with E-state index in [0.29, 0.717) is 0 Å². The van der Waals surface area contributed by atoms with E-state index in [9.17, 15) is 0 Å². The Hall–Kier alpha value is -1.02. The van der Waals surface area contributed by atoms with Crippen LogP contribution in [0.15, 0.2) is 30.3 Å². The van der Waals surface area contributed by atoms with Crippen LogP contribution in [0.4, 0.5) is 5.69 Å². The molecule has 1 aliphatic heterocycles. The van der Waals surface area contributed by atoms with Crippen LogP contribution in [0.3, 0.4) is 0 Å². The molecule has 1 saturated heterocycles. The van der Waals surface area contributed by atoms with Crippen LogP contribution in [0.5, 0.6) is 0 Å². The van der Waals surface area contributed by atoms with E-state index in [1.165, 1.54) is 5.69 Å². The molecule has 0 radical (unpaired) electrons. The monoisotopic (exact) mass is 149 g/mol. The Balaban J connectivity index is 2.16. The van der Waals surface area contributed by atoms with Gasteiger partial charge in [-0.2, -0.15) is 0 Å². The summed E-state index contributed by atoms with van der Waals surface area (Å²) in [5.41, 5.74) is 1.25. The molecule has 0 atom stereocenters. The molecule has 2 heteroatoms. The summed E-state index contributed by atoms with van der Waals surface area (Å²) in [4.78, 5) is 2.22. The molecule has 0 aliphatic carbocycles. The molecule has 0 saturated carbocycles. The van der Waals surface area contributed by atoms with Crippen molar-refractivity contribution in [3.05, 3.63) is 30.3 Å². The molecule has 0 amide bonds. The SMILES string of the molecule is c1ccc(N2CCOC2)cc1. The number of ether oxygens (including phenoxy) is 1. The van der Waals surface area contributed by atoms with Gasteiger partial charge in [-0.25, -0.2) is 0 Å². The lowest BCUT2D eigenvalue weighted by molar-refractivity contribution is 0.201. The Bertz CT molecular complexity index is 216. The Morgan fingerprint density at radius 2 is 2.00 bits per heavy atom. The van der Waals surface area contributed by atoms with E-state index in [1.807, 2.05) is 18.2 Å². The van der Waals surface area contributed by atoms with Crippen molar-refractivity contribution < 1.29 is 4.74 Å². The number of hydrogen-bond donors (Lipinski definition) is 0. The van der Waals surface area contributed by atoms with Crippen molar-refractivity contribution in [3.8, 4) is 0 Å². The van der Waals surface area contributed by atoms with Crippen LogP contribution in [-0.4, -0.2) is 19.9 Å². The predicted molar refractivity (Wildman–Crippen MR) is 44.6 cm³/mol. The molecule has 0 N–H and O–H groups in total. The number of nitrogens with zero attached hydrogens (tertiary/aromatic N) is 1. The Morgan fingerprint density at radius 1 is 1.18 bits per heavy atom. The molecule has 0 unspecified atom stereocenters. The topological polar surface area (TPSA) is 12.5 Å². The molecule has 2 rings (SSSR count). The number of para-hydroxylation sites is 1. The van der Waals surface area contributed by atoms with Crippen LogP contribution in [-0.2, 0) is 4.74 Å². The zero-order valence-corrected chi connectivity index (χ0v) is 6.36. The van der Waals surface area contributed by atoms with Crippen LogP contribution in [0.1, 0.15) is 0 Å². The second-order valence-corrected chi connectivity index (χ2v) is 2.64. The minimum Gasteiger partial charge on any atom is -0.359 e. The van der Waals surface area contributed by atoms with Gasteiger partial charge in [0.2, 0.25) is 0 Å². The number of anilines is 1. The van der Waals surface area contributed by atoms with Gasteiger partial charge in [-0.15, -0.1) is 0 Å². The normalized spacial score (nSPS) is 17.3. The first-order chi connectivity index (χ1) is 5.47. The van der Waals surface area contributed by atoms with Gasteiger partial charge in [0.15, 0.2) is 0 Å². The molecule has 0 aromatic heterocycles. The van der Waals surface area contributed by atoms with E-state index in [1.54, 1.807) is 0 Å². The fraction of sp³-hybridized carbons (Fsp3) is 0.333. The maximum atomic E-state index is 5.24. The summed E-state index contributed by atoms with van der Waals surface area (Å²) in [6.45, 7) is 2.61. The Kier molecular flexibility index (Phi) is 1.78. The maximum Gasteiger partial charge on any atom is 0.119 e. The maximum absolute atomic E-state index is 5.24. The van der Waals surface area contributed by atoms with Crippen LogP contribution in [0.25, 0.3) is 0 Å². The highest BCUT2D eigenvalue weighted by Gasteiger charge is 2.10. The molecule has 1 aromatic rings. The fourth-order valence-electron chi connectivity index (χ4n) is 1.26. The van der Waals surface area contributed by atoms with Gasteiger partial charge >= 0.3 is 0 Å². The van der Waals surface area contributed by atoms with Crippen LogP contribution in [0, 0.1) is 0 Å². The average Bonchev–Trinajstić information content (AvgIpc) is 2.58. The molecular weight excluding hydrogens is 138 g/mol. The summed E-state index contributed by atoms with van der Waals surface area (Å²) in [5.74, 6) is 0. The summed E-state index contributed by atoms with van der Waals surface area (Å²) in [5, 5.41) is 0. The lowest BCUT2D eigenvalue weighted by atomic mass is 10.3. The zero-order valence-electron chi connectivity index (χ0n) is 6.36. The van der Waals surface area contributed by atoms with Crippen LogP contribution >= 0.6 is 0 Å². The third kappa shape index (κ3) is 1.35. The van der Waals surface area contributed by atoms with Gasteiger partial charge in [0.25, 0.3) is 0 Å². The van der Waals surface area contributed by atoms with Crippen molar-refractivity contribution in [3.63, 3.8) is 0 Å². The second kappa shape index (κ2) is 2.93. The molecule has 1 heterocycles. The van der Waals surface area contributed by atoms with Gasteiger partial charge in [0.05, 0.1) is 6.61 Å². The van der Waals surface area contributed by atoms with Gasteiger partial charge in [-0.3, -0.25) is 0 Å². The highest BCUT2D eigenvalue weighted by atomic mass is 16.5. The highest BCUT2D eigenvalue weighted by molar-refractivity contribution is 5.45. The number of hydrogen-bond acceptors (Lipinski definition) is 2. The molecule has 58 valence electrons. The first kappa shape index (κ1) is 6.68. The van der Waals surface area contributed by atoms with E-state index in [2.05, 4.69) is 17.0 Å². The van der Waals surface area contributed by atoms with E-state index in [4.69, 9.17) is 4.74 Å². The molecule has 2 nitrogen and oxygen atoms in total. The van der Waals surface area contributed by atoms with Crippen molar-refractivity contribution in [2.45, 2.75) is 0 Å². The average molecular weight is 149 g/mol. The summed E-state index contributed by atoms with van der Waals surface area (Å²) >= 11 is 0. The first-order valence-corrected chi connectivity index (χ1v) is 3.84.